The number of thioether (sulfide) groups is 1. The minimum Gasteiger partial charge on any atom is -0.481 e. The van der Waals surface area contributed by atoms with Gasteiger partial charge >= 0.3 is 5.97 Å². The smallest absolute Gasteiger partial charge is 0.303 e. The second-order valence-corrected chi connectivity index (χ2v) is 13.9. The molecule has 0 radical (unpaired) electrons. The molecule has 1 fully saturated rings. The van der Waals surface area contributed by atoms with Gasteiger partial charge in [0, 0.05) is 21.4 Å². The molecule has 6 heteroatoms. The number of pyridine rings is 1. The van der Waals surface area contributed by atoms with Crippen LogP contribution in [0, 0.1) is 5.41 Å². The lowest BCUT2D eigenvalue weighted by molar-refractivity contribution is -0.138. The Kier molecular flexibility index (Phi) is 9.12. The Morgan fingerprint density at radius 3 is 2.55 bits per heavy atom. The van der Waals surface area contributed by atoms with Gasteiger partial charge in [-0.2, -0.15) is 11.8 Å². The molecule has 1 aromatic heterocycles. The number of benzene rings is 3. The first-order valence-corrected chi connectivity index (χ1v) is 15.9. The summed E-state index contributed by atoms with van der Waals surface area (Å²) >= 11 is 8.05. The van der Waals surface area contributed by atoms with E-state index in [-0.39, 0.29) is 23.0 Å². The summed E-state index contributed by atoms with van der Waals surface area (Å²) in [6, 6.07) is 26.5. The number of carboxylic acids is 1. The van der Waals surface area contributed by atoms with Crippen molar-refractivity contribution in [2.75, 3.05) is 5.75 Å². The molecule has 5 rings (SSSR count). The van der Waals surface area contributed by atoms with Crippen LogP contribution < -0.4 is 0 Å². The lowest BCUT2D eigenvalue weighted by atomic mass is 9.84. The molecule has 0 bridgehead atoms. The first-order valence-electron chi connectivity index (χ1n) is 14.5. The number of hydrogen-bond donors (Lipinski definition) is 2. The van der Waals surface area contributed by atoms with Gasteiger partial charge in [-0.25, -0.2) is 4.98 Å². The van der Waals surface area contributed by atoms with Crippen LogP contribution in [-0.2, 0) is 10.4 Å². The molecule has 2 atom stereocenters. The number of aliphatic hydroxyl groups is 1. The molecule has 0 saturated heterocycles. The van der Waals surface area contributed by atoms with Gasteiger partial charge in [-0.05, 0) is 91.0 Å². The number of nitrogens with zero attached hydrogens (tertiary/aromatic N) is 1. The van der Waals surface area contributed by atoms with E-state index < -0.39 is 11.6 Å². The van der Waals surface area contributed by atoms with Crippen molar-refractivity contribution in [2.24, 2.45) is 5.41 Å². The molecule has 1 heterocycles. The Hall–Kier alpha value is -3.12. The molecule has 4 nitrogen and oxygen atoms in total. The van der Waals surface area contributed by atoms with Crippen molar-refractivity contribution in [1.29, 1.82) is 0 Å². The van der Waals surface area contributed by atoms with E-state index in [1.807, 2.05) is 74.1 Å². The van der Waals surface area contributed by atoms with E-state index >= 15 is 0 Å². The van der Waals surface area contributed by atoms with Crippen molar-refractivity contribution < 1.29 is 15.0 Å². The fourth-order valence-corrected chi connectivity index (χ4v) is 7.50. The normalized spacial score (nSPS) is 16.0. The zero-order chi connectivity index (χ0) is 29.9. The molecule has 1 aliphatic carbocycles. The summed E-state index contributed by atoms with van der Waals surface area (Å²) in [5.74, 6) is 0.314. The summed E-state index contributed by atoms with van der Waals surface area (Å²) < 4.78 is 0. The molecule has 0 amide bonds. The van der Waals surface area contributed by atoms with E-state index in [0.717, 1.165) is 58.3 Å². The van der Waals surface area contributed by atoms with Crippen LogP contribution in [0.4, 0.5) is 0 Å². The average molecular weight is 600 g/mol. The van der Waals surface area contributed by atoms with Gasteiger partial charge in [0.25, 0.3) is 0 Å². The molecular formula is C36H38ClNO3S. The standard InChI is InChI=1S/C36H38ClNO3S/c1-24(30-9-4-5-10-31(30)35(2,3)41)19-33(42-23-36(17-18-36)22-34(39)40)27-8-6-7-25(20-27)11-15-29-16-13-26-12-14-28(37)21-32(26)38-29/h4-16,20-21,24,33,41H,17-19,22-23H2,1-3H3,(H,39,40)/t24?,33-/m1/s1. The molecule has 1 unspecified atom stereocenters. The third-order valence-corrected chi connectivity index (χ3v) is 10.1. The summed E-state index contributed by atoms with van der Waals surface area (Å²) in [6.07, 6.45) is 7.17. The number of carbonyl (C=O) groups is 1. The summed E-state index contributed by atoms with van der Waals surface area (Å²) in [5, 5.41) is 22.2. The molecule has 2 N–H and O–H groups in total. The van der Waals surface area contributed by atoms with Crippen LogP contribution in [0.5, 0.6) is 0 Å². The molecule has 0 aliphatic heterocycles. The third kappa shape index (κ3) is 7.63. The zero-order valence-electron chi connectivity index (χ0n) is 24.4. The number of carboxylic acid groups (broad SMARTS) is 1. The molecule has 4 aromatic rings. The maximum Gasteiger partial charge on any atom is 0.303 e. The maximum atomic E-state index is 11.5. The topological polar surface area (TPSA) is 70.4 Å². The van der Waals surface area contributed by atoms with E-state index in [9.17, 15) is 15.0 Å². The van der Waals surface area contributed by atoms with Crippen molar-refractivity contribution in [1.82, 2.24) is 4.98 Å². The van der Waals surface area contributed by atoms with Gasteiger partial charge in [0.1, 0.15) is 0 Å². The highest BCUT2D eigenvalue weighted by Crippen LogP contribution is 2.54. The van der Waals surface area contributed by atoms with Crippen molar-refractivity contribution >= 4 is 52.4 Å². The molecule has 0 spiro atoms. The number of fused-ring (bicyclic) bond motifs is 1. The number of aliphatic carboxylic acids is 1. The van der Waals surface area contributed by atoms with Crippen molar-refractivity contribution in [2.45, 2.75) is 63.2 Å². The predicted molar refractivity (Wildman–Crippen MR) is 176 cm³/mol. The second kappa shape index (κ2) is 12.6. The Morgan fingerprint density at radius 1 is 1.05 bits per heavy atom. The van der Waals surface area contributed by atoms with Crippen LogP contribution >= 0.6 is 23.4 Å². The summed E-state index contributed by atoms with van der Waals surface area (Å²) in [6.45, 7) is 5.90. The van der Waals surface area contributed by atoms with Crippen LogP contribution in [0.15, 0.2) is 78.9 Å². The largest absolute Gasteiger partial charge is 0.481 e. The highest BCUT2D eigenvalue weighted by atomic mass is 35.5. The maximum absolute atomic E-state index is 11.5. The predicted octanol–water partition coefficient (Wildman–Crippen LogP) is 9.51. The lowest BCUT2D eigenvalue weighted by Crippen LogP contribution is -2.19. The third-order valence-electron chi connectivity index (χ3n) is 8.20. The van der Waals surface area contributed by atoms with Crippen molar-refractivity contribution in [3.8, 4) is 0 Å². The van der Waals surface area contributed by atoms with Crippen molar-refractivity contribution in [3.05, 3.63) is 112 Å². The van der Waals surface area contributed by atoms with Crippen LogP contribution in [0.1, 0.15) is 85.6 Å². The van der Waals surface area contributed by atoms with Crippen LogP contribution in [0.25, 0.3) is 23.1 Å². The molecule has 1 saturated carbocycles. The summed E-state index contributed by atoms with van der Waals surface area (Å²) in [5.41, 5.74) is 5.12. The van der Waals surface area contributed by atoms with E-state index in [2.05, 4.69) is 49.4 Å². The first kappa shape index (κ1) is 30.3. The van der Waals surface area contributed by atoms with Gasteiger partial charge in [0.2, 0.25) is 0 Å². The summed E-state index contributed by atoms with van der Waals surface area (Å²) in [7, 11) is 0. The van der Waals surface area contributed by atoms with Gasteiger partial charge < -0.3 is 10.2 Å². The summed E-state index contributed by atoms with van der Waals surface area (Å²) in [4.78, 5) is 16.3. The monoisotopic (exact) mass is 599 g/mol. The molecule has 3 aromatic carbocycles. The van der Waals surface area contributed by atoms with E-state index in [1.165, 1.54) is 5.56 Å². The molecule has 1 aliphatic rings. The SMILES string of the molecule is CC(C[C@@H](SCC1(CC(=O)O)CC1)c1cccc(C=Cc2ccc3ccc(Cl)cc3n2)c1)c1ccccc1C(C)(C)O. The minimum absolute atomic E-state index is 0.0921. The Labute approximate surface area is 257 Å². The quantitative estimate of drug-likeness (QED) is 0.170. The van der Waals surface area contributed by atoms with Crippen LogP contribution in [-0.4, -0.2) is 26.9 Å². The number of aromatic nitrogens is 1. The first-order chi connectivity index (χ1) is 20.0. The van der Waals surface area contributed by atoms with Gasteiger partial charge in [-0.15, -0.1) is 0 Å². The highest BCUT2D eigenvalue weighted by molar-refractivity contribution is 7.99. The Morgan fingerprint density at radius 2 is 1.81 bits per heavy atom. The highest BCUT2D eigenvalue weighted by Gasteiger charge is 2.44. The number of rotatable bonds is 12. The molecular weight excluding hydrogens is 562 g/mol. The van der Waals surface area contributed by atoms with E-state index in [1.54, 1.807) is 0 Å². The zero-order valence-corrected chi connectivity index (χ0v) is 26.0. The van der Waals surface area contributed by atoms with Crippen molar-refractivity contribution in [3.63, 3.8) is 0 Å². The van der Waals surface area contributed by atoms with E-state index in [0.29, 0.717) is 5.02 Å². The van der Waals surface area contributed by atoms with Gasteiger partial charge in [-0.1, -0.05) is 85.3 Å². The van der Waals surface area contributed by atoms with E-state index in [4.69, 9.17) is 16.6 Å². The number of hydrogen-bond acceptors (Lipinski definition) is 4. The Bertz CT molecular complexity index is 1610. The Balaban J connectivity index is 1.40. The van der Waals surface area contributed by atoms with Gasteiger partial charge in [0.05, 0.1) is 23.2 Å². The fourth-order valence-electron chi connectivity index (χ4n) is 5.62. The fraction of sp³-hybridized carbons (Fsp3) is 0.333. The minimum atomic E-state index is -0.931. The van der Waals surface area contributed by atoms with Gasteiger partial charge in [-0.3, -0.25) is 4.79 Å². The average Bonchev–Trinajstić information content (AvgIpc) is 3.72. The molecule has 42 heavy (non-hydrogen) atoms. The number of halogens is 1. The molecule has 218 valence electrons. The lowest BCUT2D eigenvalue weighted by Gasteiger charge is -2.28. The van der Waals surface area contributed by atoms with Gasteiger partial charge in [0.15, 0.2) is 0 Å². The second-order valence-electron chi connectivity index (χ2n) is 12.2. The van der Waals surface area contributed by atoms with Crippen LogP contribution in [0.3, 0.4) is 0 Å². The van der Waals surface area contributed by atoms with Crippen LogP contribution in [0.2, 0.25) is 5.02 Å².